The Morgan fingerprint density at radius 2 is 1.65 bits per heavy atom. The van der Waals surface area contributed by atoms with Gasteiger partial charge in [-0.1, -0.05) is 0 Å². The number of hydrogen-bond acceptors (Lipinski definition) is 3. The molecule has 2 rings (SSSR count). The Morgan fingerprint density at radius 3 is 2.15 bits per heavy atom. The van der Waals surface area contributed by atoms with Crippen LogP contribution >= 0.6 is 0 Å². The normalized spacial score (nSPS) is 29.2. The van der Waals surface area contributed by atoms with Crippen molar-refractivity contribution in [3.63, 3.8) is 0 Å². The molecular formula is C15H27N3O2. The van der Waals surface area contributed by atoms with Crippen molar-refractivity contribution in [3.05, 3.63) is 0 Å². The molecule has 2 unspecified atom stereocenters. The third kappa shape index (κ3) is 2.68. The SMILES string of the molecule is CC(C)(C)N1CCC2NC(=O)CN(C(C)(C)C)C2C1=O. The Kier molecular flexibility index (Phi) is 3.61. The van der Waals surface area contributed by atoms with Crippen LogP contribution in [-0.2, 0) is 9.59 Å². The Balaban J connectivity index is 2.33. The predicted molar refractivity (Wildman–Crippen MR) is 78.3 cm³/mol. The number of carbonyl (C=O) groups excluding carboxylic acids is 2. The van der Waals surface area contributed by atoms with Gasteiger partial charge in [-0.2, -0.15) is 0 Å². The van der Waals surface area contributed by atoms with Crippen LogP contribution in [0.4, 0.5) is 0 Å². The maximum absolute atomic E-state index is 12.9. The Labute approximate surface area is 121 Å². The zero-order valence-corrected chi connectivity index (χ0v) is 13.5. The number of carbonyl (C=O) groups is 2. The van der Waals surface area contributed by atoms with Crippen LogP contribution in [0.25, 0.3) is 0 Å². The van der Waals surface area contributed by atoms with E-state index < -0.39 is 0 Å². The van der Waals surface area contributed by atoms with E-state index in [4.69, 9.17) is 0 Å². The zero-order valence-electron chi connectivity index (χ0n) is 13.5. The van der Waals surface area contributed by atoms with Gasteiger partial charge in [0.05, 0.1) is 12.6 Å². The first-order valence-corrected chi connectivity index (χ1v) is 7.39. The van der Waals surface area contributed by atoms with Crippen LogP contribution in [0.2, 0.25) is 0 Å². The summed E-state index contributed by atoms with van der Waals surface area (Å²) in [6, 6.07) is -0.290. The highest BCUT2D eigenvalue weighted by Gasteiger charge is 2.49. The fourth-order valence-corrected chi connectivity index (χ4v) is 3.20. The summed E-state index contributed by atoms with van der Waals surface area (Å²) in [7, 11) is 0. The van der Waals surface area contributed by atoms with E-state index in [0.717, 1.165) is 6.42 Å². The number of likely N-dealkylation sites (tertiary alicyclic amines) is 1. The molecule has 0 aromatic heterocycles. The highest BCUT2D eigenvalue weighted by molar-refractivity contribution is 5.89. The van der Waals surface area contributed by atoms with Crippen molar-refractivity contribution in [2.45, 2.75) is 71.1 Å². The number of nitrogens with zero attached hydrogens (tertiary/aromatic N) is 2. The van der Waals surface area contributed by atoms with E-state index >= 15 is 0 Å². The molecular weight excluding hydrogens is 254 g/mol. The highest BCUT2D eigenvalue weighted by atomic mass is 16.2. The molecule has 0 spiro atoms. The lowest BCUT2D eigenvalue weighted by atomic mass is 9.88. The number of piperazine rings is 1. The van der Waals surface area contributed by atoms with Gasteiger partial charge in [0.1, 0.15) is 6.04 Å². The molecule has 5 nitrogen and oxygen atoms in total. The average Bonchev–Trinajstić information content (AvgIpc) is 2.24. The summed E-state index contributed by atoms with van der Waals surface area (Å²) in [6.45, 7) is 13.4. The number of rotatable bonds is 0. The zero-order chi connectivity index (χ0) is 15.3. The third-order valence-electron chi connectivity index (χ3n) is 4.23. The molecule has 2 heterocycles. The molecule has 2 aliphatic heterocycles. The van der Waals surface area contributed by atoms with Crippen molar-refractivity contribution in [3.8, 4) is 0 Å². The van der Waals surface area contributed by atoms with Crippen LogP contribution in [-0.4, -0.2) is 57.9 Å². The van der Waals surface area contributed by atoms with E-state index in [1.165, 1.54) is 0 Å². The van der Waals surface area contributed by atoms with Crippen LogP contribution in [0.3, 0.4) is 0 Å². The molecule has 0 radical (unpaired) electrons. The van der Waals surface area contributed by atoms with Crippen LogP contribution in [0, 0.1) is 0 Å². The number of fused-ring (bicyclic) bond motifs is 1. The standard InChI is InChI=1S/C15H27N3O2/c1-14(2,3)17-8-7-10-12(13(17)20)18(15(4,5)6)9-11(19)16-10/h10,12H,7-9H2,1-6H3,(H,16,19). The van der Waals surface area contributed by atoms with Gasteiger partial charge in [-0.3, -0.25) is 14.5 Å². The largest absolute Gasteiger partial charge is 0.350 e. The van der Waals surface area contributed by atoms with Crippen molar-refractivity contribution in [2.24, 2.45) is 0 Å². The second-order valence-corrected chi connectivity index (χ2v) is 7.87. The van der Waals surface area contributed by atoms with Gasteiger partial charge in [0.25, 0.3) is 0 Å². The lowest BCUT2D eigenvalue weighted by Crippen LogP contribution is -2.73. The minimum absolute atomic E-state index is 0.0261. The van der Waals surface area contributed by atoms with Crippen LogP contribution in [0.5, 0.6) is 0 Å². The van der Waals surface area contributed by atoms with Crippen molar-refractivity contribution < 1.29 is 9.59 Å². The van der Waals surface area contributed by atoms with Gasteiger partial charge in [0.2, 0.25) is 11.8 Å². The minimum Gasteiger partial charge on any atom is -0.350 e. The van der Waals surface area contributed by atoms with E-state index in [9.17, 15) is 9.59 Å². The molecule has 2 amide bonds. The topological polar surface area (TPSA) is 52.7 Å². The Bertz CT molecular complexity index is 420. The first-order chi connectivity index (χ1) is 9.01. The highest BCUT2D eigenvalue weighted by Crippen LogP contribution is 2.30. The van der Waals surface area contributed by atoms with Crippen molar-refractivity contribution in [2.75, 3.05) is 13.1 Å². The van der Waals surface area contributed by atoms with Crippen molar-refractivity contribution in [1.82, 2.24) is 15.1 Å². The van der Waals surface area contributed by atoms with Crippen LogP contribution in [0.15, 0.2) is 0 Å². The molecule has 0 aromatic carbocycles. The van der Waals surface area contributed by atoms with Gasteiger partial charge in [0.15, 0.2) is 0 Å². The van der Waals surface area contributed by atoms with Crippen LogP contribution in [0.1, 0.15) is 48.0 Å². The molecule has 0 aliphatic carbocycles. The van der Waals surface area contributed by atoms with Gasteiger partial charge < -0.3 is 10.2 Å². The summed E-state index contributed by atoms with van der Waals surface area (Å²) in [5.41, 5.74) is -0.371. The van der Waals surface area contributed by atoms with Gasteiger partial charge in [0, 0.05) is 17.6 Å². The Hall–Kier alpha value is -1.10. The number of amides is 2. The van der Waals surface area contributed by atoms with Gasteiger partial charge in [-0.15, -0.1) is 0 Å². The van der Waals surface area contributed by atoms with Gasteiger partial charge in [-0.05, 0) is 48.0 Å². The number of hydrogen-bond donors (Lipinski definition) is 1. The van der Waals surface area contributed by atoms with Crippen molar-refractivity contribution >= 4 is 11.8 Å². The molecule has 0 bridgehead atoms. The molecule has 2 aliphatic rings. The average molecular weight is 281 g/mol. The maximum atomic E-state index is 12.9. The molecule has 0 aromatic rings. The summed E-state index contributed by atoms with van der Waals surface area (Å²) in [6.07, 6.45) is 0.825. The maximum Gasteiger partial charge on any atom is 0.242 e. The minimum atomic E-state index is -0.235. The second-order valence-electron chi connectivity index (χ2n) is 7.87. The monoisotopic (exact) mass is 281 g/mol. The molecule has 20 heavy (non-hydrogen) atoms. The molecule has 2 atom stereocenters. The first kappa shape index (κ1) is 15.3. The van der Waals surface area contributed by atoms with Crippen LogP contribution < -0.4 is 5.32 Å². The van der Waals surface area contributed by atoms with E-state index in [0.29, 0.717) is 13.1 Å². The fraction of sp³-hybridized carbons (Fsp3) is 0.867. The quantitative estimate of drug-likeness (QED) is 0.720. The summed E-state index contributed by atoms with van der Waals surface area (Å²) in [5, 5.41) is 2.99. The molecule has 114 valence electrons. The molecule has 2 fully saturated rings. The molecule has 1 N–H and O–H groups in total. The smallest absolute Gasteiger partial charge is 0.242 e. The summed E-state index contributed by atoms with van der Waals surface area (Å²) >= 11 is 0. The lowest BCUT2D eigenvalue weighted by molar-refractivity contribution is -0.156. The fourth-order valence-electron chi connectivity index (χ4n) is 3.20. The lowest BCUT2D eigenvalue weighted by Gasteiger charge is -2.53. The van der Waals surface area contributed by atoms with Crippen molar-refractivity contribution in [1.29, 1.82) is 0 Å². The van der Waals surface area contributed by atoms with Gasteiger partial charge >= 0.3 is 0 Å². The molecule has 0 saturated carbocycles. The first-order valence-electron chi connectivity index (χ1n) is 7.39. The van der Waals surface area contributed by atoms with E-state index in [1.54, 1.807) is 0 Å². The second kappa shape index (κ2) is 4.72. The molecule has 5 heteroatoms. The van der Waals surface area contributed by atoms with E-state index in [-0.39, 0.29) is 35.0 Å². The van der Waals surface area contributed by atoms with Gasteiger partial charge in [-0.25, -0.2) is 0 Å². The molecule has 2 saturated heterocycles. The summed E-state index contributed by atoms with van der Waals surface area (Å²) in [4.78, 5) is 28.8. The summed E-state index contributed by atoms with van der Waals surface area (Å²) < 4.78 is 0. The van der Waals surface area contributed by atoms with E-state index in [1.807, 2.05) is 4.90 Å². The summed E-state index contributed by atoms with van der Waals surface area (Å²) in [5.74, 6) is 0.168. The number of piperidine rings is 1. The van der Waals surface area contributed by atoms with E-state index in [2.05, 4.69) is 51.8 Å². The predicted octanol–water partition coefficient (Wildman–Crippen LogP) is 0.985. The third-order valence-corrected chi connectivity index (χ3v) is 4.23. The Morgan fingerprint density at radius 1 is 1.05 bits per heavy atom. The number of nitrogens with one attached hydrogen (secondary N) is 1.